The Morgan fingerprint density at radius 3 is 2.43 bits per heavy atom. The summed E-state index contributed by atoms with van der Waals surface area (Å²) < 4.78 is 10.6. The van der Waals surface area contributed by atoms with Crippen LogP contribution >= 0.6 is 0 Å². The molecule has 0 saturated carbocycles. The monoisotopic (exact) mass is 190 g/mol. The minimum Gasteiger partial charge on any atom is -0.459 e. The number of benzene rings is 1. The zero-order valence-electron chi connectivity index (χ0n) is 8.22. The number of rotatable bonds is 3. The highest BCUT2D eigenvalue weighted by Gasteiger charge is 2.21. The van der Waals surface area contributed by atoms with Gasteiger partial charge in [0.1, 0.15) is 12.5 Å². The first-order valence-electron chi connectivity index (χ1n) is 4.86. The van der Waals surface area contributed by atoms with Crippen molar-refractivity contribution in [2.24, 2.45) is 5.92 Å². The Kier molecular flexibility index (Phi) is 2.73. The van der Waals surface area contributed by atoms with E-state index in [-0.39, 0.29) is 6.29 Å². The van der Waals surface area contributed by atoms with Crippen LogP contribution < -0.4 is 0 Å². The molecule has 1 aliphatic rings. The Bertz CT molecular complexity index is 297. The van der Waals surface area contributed by atoms with E-state index in [1.165, 1.54) is 5.56 Å². The van der Waals surface area contributed by atoms with Gasteiger partial charge >= 0.3 is 0 Å². The zero-order chi connectivity index (χ0) is 9.80. The Balaban J connectivity index is 1.91. The summed E-state index contributed by atoms with van der Waals surface area (Å²) in [5, 5.41) is 0. The summed E-state index contributed by atoms with van der Waals surface area (Å²) in [6, 6.07) is 10.4. The third-order valence-corrected chi connectivity index (χ3v) is 2.35. The summed E-state index contributed by atoms with van der Waals surface area (Å²) in [6.07, 6.45) is 4.07. The van der Waals surface area contributed by atoms with Gasteiger partial charge in [0.2, 0.25) is 6.29 Å². The van der Waals surface area contributed by atoms with Crippen LogP contribution in [-0.2, 0) is 15.9 Å². The van der Waals surface area contributed by atoms with Gasteiger partial charge in [0.15, 0.2) is 0 Å². The zero-order valence-corrected chi connectivity index (χ0v) is 8.22. The van der Waals surface area contributed by atoms with E-state index in [1.54, 1.807) is 12.5 Å². The SMILES string of the molecule is CC(Cc1ccccc1)C1OC=CO1. The molecule has 0 radical (unpaired) electrons. The van der Waals surface area contributed by atoms with Crippen LogP contribution in [0.5, 0.6) is 0 Å². The predicted molar refractivity (Wildman–Crippen MR) is 54.4 cm³/mol. The van der Waals surface area contributed by atoms with Gasteiger partial charge in [0.25, 0.3) is 0 Å². The average molecular weight is 190 g/mol. The normalized spacial score (nSPS) is 17.5. The first-order chi connectivity index (χ1) is 6.86. The molecule has 0 spiro atoms. The van der Waals surface area contributed by atoms with Crippen LogP contribution in [0.1, 0.15) is 12.5 Å². The minimum absolute atomic E-state index is 0.116. The third-order valence-electron chi connectivity index (χ3n) is 2.35. The van der Waals surface area contributed by atoms with Crippen LogP contribution in [0.15, 0.2) is 42.9 Å². The molecule has 0 fully saturated rings. The van der Waals surface area contributed by atoms with Crippen molar-refractivity contribution in [3.05, 3.63) is 48.4 Å². The molecule has 0 saturated heterocycles. The van der Waals surface area contributed by atoms with Gasteiger partial charge in [-0.2, -0.15) is 0 Å². The first kappa shape index (κ1) is 9.13. The molecule has 1 atom stereocenters. The van der Waals surface area contributed by atoms with Gasteiger partial charge < -0.3 is 9.47 Å². The fourth-order valence-corrected chi connectivity index (χ4v) is 1.60. The van der Waals surface area contributed by atoms with E-state index in [0.717, 1.165) is 6.42 Å². The number of hydrogen-bond donors (Lipinski definition) is 0. The Hall–Kier alpha value is -1.44. The minimum atomic E-state index is -0.116. The van der Waals surface area contributed by atoms with Gasteiger partial charge in [0.05, 0.1) is 0 Å². The lowest BCUT2D eigenvalue weighted by molar-refractivity contribution is -0.0610. The highest BCUT2D eigenvalue weighted by atomic mass is 16.7. The van der Waals surface area contributed by atoms with Gasteiger partial charge in [-0.3, -0.25) is 0 Å². The standard InChI is InChI=1S/C12H14O2/c1-10(12-13-7-8-14-12)9-11-5-3-2-4-6-11/h2-8,10,12H,9H2,1H3. The van der Waals surface area contributed by atoms with E-state index in [0.29, 0.717) is 5.92 Å². The van der Waals surface area contributed by atoms with Crippen molar-refractivity contribution < 1.29 is 9.47 Å². The molecule has 0 N–H and O–H groups in total. The predicted octanol–water partition coefficient (Wildman–Crippen LogP) is 2.71. The van der Waals surface area contributed by atoms with Crippen LogP contribution in [-0.4, -0.2) is 6.29 Å². The second-order valence-corrected chi connectivity index (χ2v) is 3.58. The molecule has 2 rings (SSSR count). The maximum Gasteiger partial charge on any atom is 0.242 e. The Morgan fingerprint density at radius 1 is 1.14 bits per heavy atom. The molecular weight excluding hydrogens is 176 g/mol. The molecule has 0 aliphatic carbocycles. The summed E-state index contributed by atoms with van der Waals surface area (Å²) in [5.41, 5.74) is 1.32. The third kappa shape index (κ3) is 2.08. The molecule has 1 heterocycles. The number of ether oxygens (including phenoxy) is 2. The summed E-state index contributed by atoms with van der Waals surface area (Å²) in [4.78, 5) is 0. The van der Waals surface area contributed by atoms with E-state index in [4.69, 9.17) is 9.47 Å². The van der Waals surface area contributed by atoms with E-state index in [1.807, 2.05) is 6.07 Å². The molecule has 1 aromatic carbocycles. The van der Waals surface area contributed by atoms with Gasteiger partial charge in [-0.1, -0.05) is 37.3 Å². The molecule has 1 aromatic rings. The van der Waals surface area contributed by atoms with Gasteiger partial charge in [-0.05, 0) is 12.0 Å². The van der Waals surface area contributed by atoms with Crippen molar-refractivity contribution in [3.8, 4) is 0 Å². The quantitative estimate of drug-likeness (QED) is 0.729. The molecule has 1 aliphatic heterocycles. The first-order valence-corrected chi connectivity index (χ1v) is 4.86. The lowest BCUT2D eigenvalue weighted by Gasteiger charge is -2.17. The summed E-state index contributed by atoms with van der Waals surface area (Å²) in [6.45, 7) is 2.13. The molecule has 0 aromatic heterocycles. The fourth-order valence-electron chi connectivity index (χ4n) is 1.60. The molecule has 0 amide bonds. The summed E-state index contributed by atoms with van der Waals surface area (Å²) in [5.74, 6) is 0.368. The van der Waals surface area contributed by atoms with Gasteiger partial charge in [-0.25, -0.2) is 0 Å². The Morgan fingerprint density at radius 2 is 1.79 bits per heavy atom. The Labute approximate surface area is 84.2 Å². The maximum absolute atomic E-state index is 5.28. The molecule has 14 heavy (non-hydrogen) atoms. The molecule has 0 bridgehead atoms. The van der Waals surface area contributed by atoms with Crippen molar-refractivity contribution in [3.63, 3.8) is 0 Å². The van der Waals surface area contributed by atoms with Crippen molar-refractivity contribution in [1.29, 1.82) is 0 Å². The molecule has 74 valence electrons. The van der Waals surface area contributed by atoms with Crippen LogP contribution in [0.25, 0.3) is 0 Å². The van der Waals surface area contributed by atoms with Crippen molar-refractivity contribution in [2.45, 2.75) is 19.6 Å². The second-order valence-electron chi connectivity index (χ2n) is 3.58. The van der Waals surface area contributed by atoms with E-state index < -0.39 is 0 Å². The highest BCUT2D eigenvalue weighted by molar-refractivity contribution is 5.15. The van der Waals surface area contributed by atoms with Gasteiger partial charge in [0, 0.05) is 5.92 Å². The lowest BCUT2D eigenvalue weighted by Crippen LogP contribution is -2.20. The molecule has 1 unspecified atom stereocenters. The van der Waals surface area contributed by atoms with Gasteiger partial charge in [-0.15, -0.1) is 0 Å². The second kappa shape index (κ2) is 4.18. The topological polar surface area (TPSA) is 18.5 Å². The van der Waals surface area contributed by atoms with Crippen LogP contribution in [0, 0.1) is 5.92 Å². The lowest BCUT2D eigenvalue weighted by atomic mass is 10.0. The van der Waals surface area contributed by atoms with Crippen molar-refractivity contribution >= 4 is 0 Å². The summed E-state index contributed by atoms with van der Waals surface area (Å²) >= 11 is 0. The van der Waals surface area contributed by atoms with Crippen LogP contribution in [0.3, 0.4) is 0 Å². The number of hydrogen-bond acceptors (Lipinski definition) is 2. The van der Waals surface area contributed by atoms with Crippen molar-refractivity contribution in [1.82, 2.24) is 0 Å². The highest BCUT2D eigenvalue weighted by Crippen LogP contribution is 2.19. The largest absolute Gasteiger partial charge is 0.459 e. The molecule has 2 nitrogen and oxygen atoms in total. The smallest absolute Gasteiger partial charge is 0.242 e. The van der Waals surface area contributed by atoms with Crippen molar-refractivity contribution in [2.75, 3.05) is 0 Å². The van der Waals surface area contributed by atoms with E-state index in [9.17, 15) is 0 Å². The maximum atomic E-state index is 5.28. The van der Waals surface area contributed by atoms with E-state index >= 15 is 0 Å². The average Bonchev–Trinajstić information content (AvgIpc) is 2.72. The molecular formula is C12H14O2. The van der Waals surface area contributed by atoms with E-state index in [2.05, 4.69) is 31.2 Å². The van der Waals surface area contributed by atoms with Crippen LogP contribution in [0.2, 0.25) is 0 Å². The van der Waals surface area contributed by atoms with Crippen LogP contribution in [0.4, 0.5) is 0 Å². The molecule has 2 heteroatoms. The fraction of sp³-hybridized carbons (Fsp3) is 0.333. The summed E-state index contributed by atoms with van der Waals surface area (Å²) in [7, 11) is 0.